The summed E-state index contributed by atoms with van der Waals surface area (Å²) in [6, 6.07) is 0. The molecule has 0 aromatic carbocycles. The van der Waals surface area contributed by atoms with Crippen molar-refractivity contribution < 1.29 is 14.6 Å². The van der Waals surface area contributed by atoms with E-state index in [9.17, 15) is 9.90 Å². The molecule has 1 saturated carbocycles. The first-order valence-corrected chi connectivity index (χ1v) is 4.40. The summed E-state index contributed by atoms with van der Waals surface area (Å²) < 4.78 is 4.75. The molecule has 3 rings (SSSR count). The summed E-state index contributed by atoms with van der Waals surface area (Å²) in [6.45, 7) is 0. The minimum Gasteiger partial charge on any atom is -0.428 e. The Morgan fingerprint density at radius 2 is 2.08 bits per heavy atom. The van der Waals surface area contributed by atoms with Gasteiger partial charge in [-0.25, -0.2) is 4.79 Å². The maximum atomic E-state index is 11.2. The maximum Gasteiger partial charge on any atom is 0.337 e. The van der Waals surface area contributed by atoms with E-state index < -0.39 is 6.29 Å². The molecule has 3 nitrogen and oxygen atoms in total. The van der Waals surface area contributed by atoms with Gasteiger partial charge in [0.15, 0.2) is 0 Å². The molecule has 0 radical (unpaired) electrons. The van der Waals surface area contributed by atoms with E-state index in [1.54, 1.807) is 0 Å². The molecule has 1 aliphatic heterocycles. The second-order valence-electron chi connectivity index (χ2n) is 3.83. The van der Waals surface area contributed by atoms with Gasteiger partial charge in [-0.05, 0) is 31.1 Å². The van der Waals surface area contributed by atoms with E-state index in [1.165, 1.54) is 0 Å². The minimum atomic E-state index is -0.914. The van der Waals surface area contributed by atoms with Crippen molar-refractivity contribution in [3.05, 3.63) is 11.1 Å². The first kappa shape index (κ1) is 6.66. The largest absolute Gasteiger partial charge is 0.428 e. The van der Waals surface area contributed by atoms with E-state index in [0.717, 1.165) is 30.4 Å². The molecule has 1 fully saturated rings. The summed E-state index contributed by atoms with van der Waals surface area (Å²) in [5, 5.41) is 9.39. The number of hydrogen-bond donors (Lipinski definition) is 1. The molecule has 0 spiro atoms. The Morgan fingerprint density at radius 3 is 2.83 bits per heavy atom. The summed E-state index contributed by atoms with van der Waals surface area (Å²) in [5.74, 6) is 0.561. The van der Waals surface area contributed by atoms with Crippen LogP contribution in [0.1, 0.15) is 19.3 Å². The van der Waals surface area contributed by atoms with Crippen LogP contribution in [-0.4, -0.2) is 17.4 Å². The highest BCUT2D eigenvalue weighted by Gasteiger charge is 2.49. The van der Waals surface area contributed by atoms with Gasteiger partial charge < -0.3 is 9.84 Å². The third kappa shape index (κ3) is 0.591. The molecule has 2 aliphatic carbocycles. The predicted octanol–water partition coefficient (Wildman–Crippen LogP) is 0.588. The first-order valence-electron chi connectivity index (χ1n) is 4.40. The zero-order chi connectivity index (χ0) is 8.29. The van der Waals surface area contributed by atoms with Gasteiger partial charge in [-0.2, -0.15) is 0 Å². The Bertz CT molecular complexity index is 292. The van der Waals surface area contributed by atoms with Crippen LogP contribution in [0.25, 0.3) is 0 Å². The van der Waals surface area contributed by atoms with Gasteiger partial charge in [0.05, 0.1) is 0 Å². The quantitative estimate of drug-likeness (QED) is 0.536. The third-order valence-electron chi connectivity index (χ3n) is 3.30. The van der Waals surface area contributed by atoms with Gasteiger partial charge in [0, 0.05) is 11.1 Å². The van der Waals surface area contributed by atoms with Gasteiger partial charge in [0.1, 0.15) is 0 Å². The fraction of sp³-hybridized carbons (Fsp3) is 0.667. The Hall–Kier alpha value is -0.830. The fourth-order valence-electron chi connectivity index (χ4n) is 2.83. The number of carbonyl (C=O) groups is 1. The second kappa shape index (κ2) is 1.91. The van der Waals surface area contributed by atoms with Crippen LogP contribution in [0.5, 0.6) is 0 Å². The molecule has 0 aromatic rings. The lowest BCUT2D eigenvalue weighted by Gasteiger charge is -2.12. The van der Waals surface area contributed by atoms with Gasteiger partial charge in [0.2, 0.25) is 6.29 Å². The normalized spacial score (nSPS) is 43.8. The monoisotopic (exact) mass is 166 g/mol. The third-order valence-corrected chi connectivity index (χ3v) is 3.30. The lowest BCUT2D eigenvalue weighted by atomic mass is 9.93. The number of carbonyl (C=O) groups excluding carboxylic acids is 1. The van der Waals surface area contributed by atoms with Crippen LogP contribution >= 0.6 is 0 Å². The number of fused-ring (bicyclic) bond motifs is 4. The molecule has 64 valence electrons. The molecule has 2 bridgehead atoms. The zero-order valence-corrected chi connectivity index (χ0v) is 6.62. The summed E-state index contributed by atoms with van der Waals surface area (Å²) in [5.41, 5.74) is 1.70. The van der Waals surface area contributed by atoms with E-state index in [-0.39, 0.29) is 5.97 Å². The molecule has 1 heterocycles. The average Bonchev–Trinajstić information content (AvgIpc) is 2.64. The highest BCUT2D eigenvalue weighted by molar-refractivity contribution is 5.93. The summed E-state index contributed by atoms with van der Waals surface area (Å²) in [7, 11) is 0. The lowest BCUT2D eigenvalue weighted by Crippen LogP contribution is -2.14. The molecule has 3 aliphatic rings. The number of aliphatic hydroxyl groups is 1. The SMILES string of the molecule is O=C1OC(O)C2=C1C1CCC2C1. The standard InChI is InChI=1S/C9H10O3/c10-8-6-4-1-2-5(3-4)7(6)9(11)12-8/h4-5,8,10H,1-3H2. The van der Waals surface area contributed by atoms with E-state index in [1.807, 2.05) is 0 Å². The number of aliphatic hydroxyl groups excluding tert-OH is 1. The van der Waals surface area contributed by atoms with Gasteiger partial charge in [-0.1, -0.05) is 0 Å². The van der Waals surface area contributed by atoms with Crippen molar-refractivity contribution in [2.75, 3.05) is 0 Å². The van der Waals surface area contributed by atoms with Crippen LogP contribution in [0.3, 0.4) is 0 Å². The van der Waals surface area contributed by atoms with Crippen LogP contribution in [0.2, 0.25) is 0 Å². The lowest BCUT2D eigenvalue weighted by molar-refractivity contribution is -0.153. The topological polar surface area (TPSA) is 46.5 Å². The smallest absolute Gasteiger partial charge is 0.337 e. The van der Waals surface area contributed by atoms with E-state index in [4.69, 9.17) is 4.74 Å². The molecule has 3 atom stereocenters. The van der Waals surface area contributed by atoms with Crippen molar-refractivity contribution in [1.29, 1.82) is 0 Å². The molecular weight excluding hydrogens is 156 g/mol. The van der Waals surface area contributed by atoms with Crippen LogP contribution in [0, 0.1) is 11.8 Å². The number of esters is 1. The highest BCUT2D eigenvalue weighted by Crippen LogP contribution is 2.52. The van der Waals surface area contributed by atoms with Gasteiger partial charge in [-0.15, -0.1) is 0 Å². The summed E-state index contributed by atoms with van der Waals surface area (Å²) >= 11 is 0. The fourth-order valence-corrected chi connectivity index (χ4v) is 2.83. The second-order valence-corrected chi connectivity index (χ2v) is 3.83. The number of hydrogen-bond acceptors (Lipinski definition) is 3. The predicted molar refractivity (Wildman–Crippen MR) is 40.0 cm³/mol. The van der Waals surface area contributed by atoms with E-state index >= 15 is 0 Å². The molecule has 3 heteroatoms. The number of cyclic esters (lactones) is 1. The summed E-state index contributed by atoms with van der Waals surface area (Å²) in [4.78, 5) is 11.2. The average molecular weight is 166 g/mol. The van der Waals surface area contributed by atoms with Crippen LogP contribution in [0.15, 0.2) is 11.1 Å². The van der Waals surface area contributed by atoms with Crippen LogP contribution < -0.4 is 0 Å². The van der Waals surface area contributed by atoms with Crippen molar-refractivity contribution in [1.82, 2.24) is 0 Å². The molecule has 0 aromatic heterocycles. The van der Waals surface area contributed by atoms with Crippen molar-refractivity contribution in [2.24, 2.45) is 11.8 Å². The molecular formula is C9H10O3. The Balaban J connectivity index is 2.12. The molecule has 0 saturated heterocycles. The molecule has 3 unspecified atom stereocenters. The molecule has 12 heavy (non-hydrogen) atoms. The van der Waals surface area contributed by atoms with E-state index in [2.05, 4.69) is 0 Å². The minimum absolute atomic E-state index is 0.273. The Labute approximate surface area is 70.0 Å². The van der Waals surface area contributed by atoms with Crippen molar-refractivity contribution in [2.45, 2.75) is 25.6 Å². The van der Waals surface area contributed by atoms with Gasteiger partial charge >= 0.3 is 5.97 Å². The van der Waals surface area contributed by atoms with Crippen LogP contribution in [-0.2, 0) is 9.53 Å². The number of ether oxygens (including phenoxy) is 1. The Kier molecular flexibility index (Phi) is 1.06. The first-order chi connectivity index (χ1) is 5.77. The maximum absolute atomic E-state index is 11.2. The van der Waals surface area contributed by atoms with E-state index in [0.29, 0.717) is 11.8 Å². The van der Waals surface area contributed by atoms with Gasteiger partial charge in [0.25, 0.3) is 0 Å². The van der Waals surface area contributed by atoms with Crippen LogP contribution in [0.4, 0.5) is 0 Å². The van der Waals surface area contributed by atoms with Crippen molar-refractivity contribution in [3.63, 3.8) is 0 Å². The zero-order valence-electron chi connectivity index (χ0n) is 6.62. The molecule has 1 N–H and O–H groups in total. The highest BCUT2D eigenvalue weighted by atomic mass is 16.6. The van der Waals surface area contributed by atoms with Crippen molar-refractivity contribution in [3.8, 4) is 0 Å². The van der Waals surface area contributed by atoms with Gasteiger partial charge in [-0.3, -0.25) is 0 Å². The summed E-state index contributed by atoms with van der Waals surface area (Å²) in [6.07, 6.45) is 2.38. The number of rotatable bonds is 0. The molecule has 0 amide bonds. The van der Waals surface area contributed by atoms with Crippen molar-refractivity contribution >= 4 is 5.97 Å². The Morgan fingerprint density at radius 1 is 1.33 bits per heavy atom.